The smallest absolute Gasteiger partial charge is 0.190 e. The molecule has 1 atom stereocenters. The zero-order chi connectivity index (χ0) is 20.9. The lowest BCUT2D eigenvalue weighted by Crippen LogP contribution is -2.40. The van der Waals surface area contributed by atoms with Gasteiger partial charge < -0.3 is 15.4 Å². The summed E-state index contributed by atoms with van der Waals surface area (Å²) in [7, 11) is 1.85. The van der Waals surface area contributed by atoms with Crippen molar-refractivity contribution in [1.29, 1.82) is 0 Å². The predicted molar refractivity (Wildman–Crippen MR) is 125 cm³/mol. The molecule has 0 radical (unpaired) electrons. The Bertz CT molecular complexity index is 729. The Balaban J connectivity index is 1.43. The number of ether oxygens (including phenoxy) is 1. The fourth-order valence-electron chi connectivity index (χ4n) is 3.86. The second kappa shape index (κ2) is 13.0. The Hall–Kier alpha value is -2.37. The maximum atomic E-state index is 5.41. The zero-order valence-electron chi connectivity index (χ0n) is 18.2. The fourth-order valence-corrected chi connectivity index (χ4v) is 3.86. The SMILES string of the molecule is CN=C(NCCCCN1CCOCC1)NCC(Cc1ccccc1)c1ccccc1. The third-order valence-electron chi connectivity index (χ3n) is 5.63. The Kier molecular flexibility index (Phi) is 9.70. The van der Waals surface area contributed by atoms with Gasteiger partial charge in [0.25, 0.3) is 0 Å². The Morgan fingerprint density at radius 2 is 1.67 bits per heavy atom. The minimum atomic E-state index is 0.397. The molecule has 0 bridgehead atoms. The molecule has 1 unspecified atom stereocenters. The number of guanidine groups is 1. The number of hydrogen-bond donors (Lipinski definition) is 2. The van der Waals surface area contributed by atoms with E-state index in [4.69, 9.17) is 4.74 Å². The van der Waals surface area contributed by atoms with Gasteiger partial charge in [0, 0.05) is 39.1 Å². The second-order valence-corrected chi connectivity index (χ2v) is 7.84. The van der Waals surface area contributed by atoms with Crippen LogP contribution in [0.2, 0.25) is 0 Å². The fraction of sp³-hybridized carbons (Fsp3) is 0.480. The molecule has 30 heavy (non-hydrogen) atoms. The van der Waals surface area contributed by atoms with Crippen LogP contribution >= 0.6 is 0 Å². The summed E-state index contributed by atoms with van der Waals surface area (Å²) < 4.78 is 5.41. The molecule has 1 heterocycles. The first kappa shape index (κ1) is 22.3. The van der Waals surface area contributed by atoms with Crippen LogP contribution in [0.3, 0.4) is 0 Å². The largest absolute Gasteiger partial charge is 0.379 e. The van der Waals surface area contributed by atoms with Crippen molar-refractivity contribution in [2.75, 3.05) is 53.0 Å². The highest BCUT2D eigenvalue weighted by Gasteiger charge is 2.13. The monoisotopic (exact) mass is 408 g/mol. The van der Waals surface area contributed by atoms with E-state index in [1.807, 2.05) is 7.05 Å². The van der Waals surface area contributed by atoms with Crippen molar-refractivity contribution in [1.82, 2.24) is 15.5 Å². The first-order chi connectivity index (χ1) is 14.8. The van der Waals surface area contributed by atoms with E-state index in [-0.39, 0.29) is 0 Å². The predicted octanol–water partition coefficient (Wildman–Crippen LogP) is 3.29. The first-order valence-electron chi connectivity index (χ1n) is 11.2. The van der Waals surface area contributed by atoms with E-state index < -0.39 is 0 Å². The third-order valence-corrected chi connectivity index (χ3v) is 5.63. The summed E-state index contributed by atoms with van der Waals surface area (Å²) in [5.41, 5.74) is 2.72. The molecular weight excluding hydrogens is 372 g/mol. The number of rotatable bonds is 10. The van der Waals surface area contributed by atoms with Gasteiger partial charge in [0.15, 0.2) is 5.96 Å². The van der Waals surface area contributed by atoms with Crippen LogP contribution in [0, 0.1) is 0 Å². The van der Waals surface area contributed by atoms with Gasteiger partial charge in [-0.25, -0.2) is 0 Å². The molecule has 5 nitrogen and oxygen atoms in total. The van der Waals surface area contributed by atoms with Crippen molar-refractivity contribution in [3.63, 3.8) is 0 Å². The standard InChI is InChI=1S/C25H36N4O/c1-26-25(27-14-8-9-15-29-16-18-30-19-17-29)28-21-24(23-12-6-3-7-13-23)20-22-10-4-2-5-11-22/h2-7,10-13,24H,8-9,14-21H2,1H3,(H2,26,27,28). The summed E-state index contributed by atoms with van der Waals surface area (Å²) in [5.74, 6) is 1.28. The van der Waals surface area contributed by atoms with Crippen molar-refractivity contribution < 1.29 is 4.74 Å². The summed E-state index contributed by atoms with van der Waals surface area (Å²) >= 11 is 0. The lowest BCUT2D eigenvalue weighted by atomic mass is 9.92. The topological polar surface area (TPSA) is 48.9 Å². The normalized spacial score (nSPS) is 16.2. The molecule has 1 aliphatic heterocycles. The van der Waals surface area contributed by atoms with Crippen LogP contribution in [-0.4, -0.2) is 63.8 Å². The first-order valence-corrected chi connectivity index (χ1v) is 11.2. The summed E-state index contributed by atoms with van der Waals surface area (Å²) in [6.07, 6.45) is 3.35. The van der Waals surface area contributed by atoms with Gasteiger partial charge in [0.05, 0.1) is 13.2 Å². The quantitative estimate of drug-likeness (QED) is 0.360. The van der Waals surface area contributed by atoms with E-state index in [1.165, 1.54) is 17.5 Å². The molecule has 0 spiro atoms. The van der Waals surface area contributed by atoms with Gasteiger partial charge in [-0.3, -0.25) is 9.89 Å². The molecule has 1 aliphatic rings. The van der Waals surface area contributed by atoms with Gasteiger partial charge in [0.2, 0.25) is 0 Å². The molecule has 0 amide bonds. The lowest BCUT2D eigenvalue weighted by molar-refractivity contribution is 0.0372. The van der Waals surface area contributed by atoms with Gasteiger partial charge >= 0.3 is 0 Å². The van der Waals surface area contributed by atoms with Gasteiger partial charge in [-0.2, -0.15) is 0 Å². The number of nitrogens with zero attached hydrogens (tertiary/aromatic N) is 2. The number of nitrogens with one attached hydrogen (secondary N) is 2. The van der Waals surface area contributed by atoms with E-state index in [9.17, 15) is 0 Å². The molecule has 2 aromatic rings. The highest BCUT2D eigenvalue weighted by atomic mass is 16.5. The van der Waals surface area contributed by atoms with Crippen molar-refractivity contribution in [3.8, 4) is 0 Å². The van der Waals surface area contributed by atoms with Gasteiger partial charge in [-0.15, -0.1) is 0 Å². The van der Waals surface area contributed by atoms with E-state index in [0.717, 1.165) is 64.7 Å². The molecule has 3 rings (SSSR count). The van der Waals surface area contributed by atoms with Crippen LogP contribution in [0.1, 0.15) is 29.9 Å². The molecule has 1 fully saturated rings. The summed E-state index contributed by atoms with van der Waals surface area (Å²) in [6, 6.07) is 21.5. The van der Waals surface area contributed by atoms with Crippen LogP contribution in [0.25, 0.3) is 0 Å². The van der Waals surface area contributed by atoms with Crippen molar-refractivity contribution in [2.45, 2.75) is 25.2 Å². The Labute approximate surface area is 181 Å². The number of benzene rings is 2. The van der Waals surface area contributed by atoms with Crippen molar-refractivity contribution in [3.05, 3.63) is 71.8 Å². The lowest BCUT2D eigenvalue weighted by Gasteiger charge is -2.26. The van der Waals surface area contributed by atoms with Gasteiger partial charge in [-0.1, -0.05) is 60.7 Å². The highest BCUT2D eigenvalue weighted by Crippen LogP contribution is 2.20. The van der Waals surface area contributed by atoms with Crippen LogP contribution in [-0.2, 0) is 11.2 Å². The summed E-state index contributed by atoms with van der Waals surface area (Å²) in [5, 5.41) is 7.01. The van der Waals surface area contributed by atoms with Crippen LogP contribution in [0.5, 0.6) is 0 Å². The Morgan fingerprint density at radius 1 is 0.967 bits per heavy atom. The molecule has 162 valence electrons. The summed E-state index contributed by atoms with van der Waals surface area (Å²) in [6.45, 7) is 6.84. The second-order valence-electron chi connectivity index (χ2n) is 7.84. The molecule has 2 aromatic carbocycles. The zero-order valence-corrected chi connectivity index (χ0v) is 18.2. The average molecular weight is 409 g/mol. The molecule has 2 N–H and O–H groups in total. The van der Waals surface area contributed by atoms with E-state index in [2.05, 4.69) is 81.2 Å². The molecule has 0 saturated carbocycles. The van der Waals surface area contributed by atoms with Crippen molar-refractivity contribution in [2.24, 2.45) is 4.99 Å². The maximum absolute atomic E-state index is 5.41. The molecule has 5 heteroatoms. The minimum absolute atomic E-state index is 0.397. The molecular formula is C25H36N4O. The third kappa shape index (κ3) is 7.81. The number of hydrogen-bond acceptors (Lipinski definition) is 3. The molecule has 0 aromatic heterocycles. The van der Waals surface area contributed by atoms with E-state index in [0.29, 0.717) is 5.92 Å². The number of aliphatic imine (C=N–C) groups is 1. The van der Waals surface area contributed by atoms with E-state index in [1.54, 1.807) is 0 Å². The molecule has 0 aliphatic carbocycles. The van der Waals surface area contributed by atoms with Crippen LogP contribution < -0.4 is 10.6 Å². The van der Waals surface area contributed by atoms with Crippen LogP contribution in [0.15, 0.2) is 65.7 Å². The molecule has 1 saturated heterocycles. The van der Waals surface area contributed by atoms with E-state index >= 15 is 0 Å². The van der Waals surface area contributed by atoms with Crippen molar-refractivity contribution >= 4 is 5.96 Å². The van der Waals surface area contributed by atoms with Gasteiger partial charge in [0.1, 0.15) is 0 Å². The van der Waals surface area contributed by atoms with Gasteiger partial charge in [-0.05, 0) is 36.9 Å². The Morgan fingerprint density at radius 3 is 2.37 bits per heavy atom. The number of unbranched alkanes of at least 4 members (excludes halogenated alkanes) is 1. The summed E-state index contributed by atoms with van der Waals surface area (Å²) in [4.78, 5) is 6.91. The van der Waals surface area contributed by atoms with Crippen LogP contribution in [0.4, 0.5) is 0 Å². The minimum Gasteiger partial charge on any atom is -0.379 e. The number of morpholine rings is 1. The highest BCUT2D eigenvalue weighted by molar-refractivity contribution is 5.79. The average Bonchev–Trinajstić information content (AvgIpc) is 2.82. The maximum Gasteiger partial charge on any atom is 0.190 e.